The van der Waals surface area contributed by atoms with E-state index < -0.39 is 6.09 Å². The Morgan fingerprint density at radius 1 is 1.21 bits per heavy atom. The third-order valence-electron chi connectivity index (χ3n) is 4.19. The maximum atomic E-state index is 13.2. The topological polar surface area (TPSA) is 78.8 Å². The van der Waals surface area contributed by atoms with Gasteiger partial charge in [0.05, 0.1) is 30.5 Å². The predicted octanol–water partition coefficient (Wildman–Crippen LogP) is 4.89. The van der Waals surface area contributed by atoms with E-state index in [1.165, 1.54) is 43.7 Å². The number of nitrogens with one attached hydrogen (secondary N) is 1. The number of thiophene rings is 1. The summed E-state index contributed by atoms with van der Waals surface area (Å²) in [4.78, 5) is 27.0. The van der Waals surface area contributed by atoms with Crippen molar-refractivity contribution in [3.05, 3.63) is 56.3 Å². The molecule has 29 heavy (non-hydrogen) atoms. The zero-order chi connectivity index (χ0) is 20.4. The first kappa shape index (κ1) is 19.5. The molecule has 2 aliphatic rings. The lowest BCUT2D eigenvalue weighted by molar-refractivity contribution is 0.156. The van der Waals surface area contributed by atoms with Crippen LogP contribution < -0.4 is 20.3 Å². The van der Waals surface area contributed by atoms with E-state index >= 15 is 0 Å². The Kier molecular flexibility index (Phi) is 5.56. The number of carbonyl (C=O) groups is 1. The first-order chi connectivity index (χ1) is 14.1. The summed E-state index contributed by atoms with van der Waals surface area (Å²) in [6, 6.07) is 8.97. The number of nitrogens with zero attached hydrogens (tertiary/aromatic N) is 1. The highest BCUT2D eigenvalue weighted by molar-refractivity contribution is 7.70. The molecule has 0 radical (unpaired) electrons. The number of anilines is 1. The monoisotopic (exact) mass is 448 g/mol. The van der Waals surface area contributed by atoms with Crippen LogP contribution in [-0.4, -0.2) is 24.9 Å². The van der Waals surface area contributed by atoms with Crippen LogP contribution in [0, 0.1) is 0 Å². The van der Waals surface area contributed by atoms with Crippen LogP contribution in [0.3, 0.4) is 0 Å². The molecule has 1 aromatic heterocycles. The summed E-state index contributed by atoms with van der Waals surface area (Å²) in [6.45, 7) is 0.154. The van der Waals surface area contributed by atoms with Crippen molar-refractivity contribution in [3.63, 3.8) is 0 Å². The van der Waals surface area contributed by atoms with Gasteiger partial charge in [-0.15, -0.1) is 11.3 Å². The average molecular weight is 449 g/mol. The van der Waals surface area contributed by atoms with Crippen molar-refractivity contribution < 1.29 is 19.0 Å². The first-order valence-corrected chi connectivity index (χ1v) is 11.5. The van der Waals surface area contributed by atoms with Gasteiger partial charge >= 0.3 is 6.09 Å². The summed E-state index contributed by atoms with van der Waals surface area (Å²) < 4.78 is 17.4. The van der Waals surface area contributed by atoms with Gasteiger partial charge in [-0.2, -0.15) is 0 Å². The van der Waals surface area contributed by atoms with Crippen LogP contribution in [0.5, 0.6) is 11.5 Å². The largest absolute Gasteiger partial charge is 0.497 e. The van der Waals surface area contributed by atoms with Crippen LogP contribution in [0.15, 0.2) is 45.9 Å². The lowest BCUT2D eigenvalue weighted by Gasteiger charge is -2.11. The lowest BCUT2D eigenvalue weighted by atomic mass is 10.2. The fourth-order valence-corrected chi connectivity index (χ4v) is 5.66. The zero-order valence-electron chi connectivity index (χ0n) is 15.5. The van der Waals surface area contributed by atoms with Crippen LogP contribution in [0.25, 0.3) is 16.3 Å². The number of ether oxygens (including phenoxy) is 3. The molecule has 150 valence electrons. The van der Waals surface area contributed by atoms with E-state index in [1.54, 1.807) is 25.3 Å². The van der Waals surface area contributed by atoms with E-state index in [2.05, 4.69) is 5.32 Å². The van der Waals surface area contributed by atoms with Crippen molar-refractivity contribution >= 4 is 43.8 Å². The molecule has 10 heteroatoms. The van der Waals surface area contributed by atoms with Crippen LogP contribution in [0.2, 0.25) is 0 Å². The molecule has 0 fully saturated rings. The summed E-state index contributed by atoms with van der Waals surface area (Å²) in [6.07, 6.45) is -0.672. The van der Waals surface area contributed by atoms with Gasteiger partial charge in [-0.25, -0.2) is 4.79 Å². The third kappa shape index (κ3) is 3.74. The lowest BCUT2D eigenvalue weighted by Crippen LogP contribution is -2.21. The molecule has 4 rings (SSSR count). The highest BCUT2D eigenvalue weighted by Gasteiger charge is 2.27. The standard InChI is InChI=1S/C19H16N2O5S3/c1-24-11-5-6-13(15(8-11)25-2)21-14-10-28-29-17(14)16(18(21)22)20-19(23)26-9-12-4-3-7-27-12/h3-8,10H,9H2,1-2H3,(H,20,23). The van der Waals surface area contributed by atoms with Crippen LogP contribution >= 0.6 is 32.0 Å². The molecule has 0 saturated carbocycles. The highest BCUT2D eigenvalue weighted by Crippen LogP contribution is 2.40. The number of rotatable bonds is 6. The van der Waals surface area contributed by atoms with Crippen molar-refractivity contribution in [2.45, 2.75) is 6.61 Å². The SMILES string of the molecule is COc1ccc(-n2c3cssc-3c(NC(=O)OCc3cccs3)c2=O)c(OC)c1. The van der Waals surface area contributed by atoms with E-state index in [0.29, 0.717) is 27.8 Å². The molecular weight excluding hydrogens is 432 g/mol. The quantitative estimate of drug-likeness (QED) is 0.425. The smallest absolute Gasteiger partial charge is 0.412 e. The van der Waals surface area contributed by atoms with Gasteiger partial charge < -0.3 is 14.2 Å². The summed E-state index contributed by atoms with van der Waals surface area (Å²) >= 11 is 1.50. The minimum atomic E-state index is -0.672. The van der Waals surface area contributed by atoms with Crippen LogP contribution in [0.4, 0.5) is 10.5 Å². The molecule has 1 aromatic carbocycles. The Balaban J connectivity index is 1.67. The molecule has 0 aliphatic carbocycles. The fraction of sp³-hybridized carbons (Fsp3) is 0.158. The predicted molar refractivity (Wildman–Crippen MR) is 116 cm³/mol. The molecule has 2 aliphatic heterocycles. The molecular formula is C19H16N2O5S3. The van der Waals surface area contributed by atoms with Crippen molar-refractivity contribution in [2.75, 3.05) is 19.5 Å². The Morgan fingerprint density at radius 2 is 2.07 bits per heavy atom. The molecule has 7 nitrogen and oxygen atoms in total. The van der Waals surface area contributed by atoms with E-state index in [4.69, 9.17) is 14.2 Å². The van der Waals surface area contributed by atoms with Crippen molar-refractivity contribution in [2.24, 2.45) is 0 Å². The van der Waals surface area contributed by atoms with Gasteiger partial charge in [0.15, 0.2) is 0 Å². The van der Waals surface area contributed by atoms with Gasteiger partial charge in [-0.3, -0.25) is 14.7 Å². The number of hydrogen-bond acceptors (Lipinski definition) is 8. The van der Waals surface area contributed by atoms with E-state index in [0.717, 1.165) is 4.88 Å². The van der Waals surface area contributed by atoms with Crippen molar-refractivity contribution in [1.29, 1.82) is 0 Å². The maximum Gasteiger partial charge on any atom is 0.412 e. The Bertz CT molecular complexity index is 1160. The second kappa shape index (κ2) is 8.27. The van der Waals surface area contributed by atoms with Gasteiger partial charge in [-0.1, -0.05) is 26.7 Å². The number of aromatic nitrogens is 1. The van der Waals surface area contributed by atoms with Crippen molar-refractivity contribution in [3.8, 4) is 27.8 Å². The minimum Gasteiger partial charge on any atom is -0.497 e. The Hall–Kier alpha value is -2.82. The molecule has 0 saturated heterocycles. The fourth-order valence-electron chi connectivity index (χ4n) is 2.84. The number of hydrogen-bond donors (Lipinski definition) is 1. The third-order valence-corrected chi connectivity index (χ3v) is 7.11. The first-order valence-electron chi connectivity index (χ1n) is 8.43. The van der Waals surface area contributed by atoms with Gasteiger partial charge in [0, 0.05) is 16.3 Å². The highest BCUT2D eigenvalue weighted by atomic mass is 32.9. The number of fused-ring (bicyclic) bond motifs is 1. The normalized spacial score (nSPS) is 10.8. The van der Waals surface area contributed by atoms with Gasteiger partial charge in [0.1, 0.15) is 23.8 Å². The number of benzene rings is 1. The Labute approximate surface area is 177 Å². The molecule has 2 aromatic rings. The molecule has 0 atom stereocenters. The summed E-state index contributed by atoms with van der Waals surface area (Å²) in [5.41, 5.74) is 1.10. The summed E-state index contributed by atoms with van der Waals surface area (Å²) in [5.74, 6) is 1.10. The van der Waals surface area contributed by atoms with Gasteiger partial charge in [-0.05, 0) is 23.6 Å². The molecule has 1 amide bonds. The minimum absolute atomic E-state index is 0.154. The van der Waals surface area contributed by atoms with Gasteiger partial charge in [0.25, 0.3) is 5.56 Å². The second-order valence-electron chi connectivity index (χ2n) is 5.85. The number of amides is 1. The van der Waals surface area contributed by atoms with E-state index in [-0.39, 0.29) is 17.9 Å². The molecule has 3 heterocycles. The van der Waals surface area contributed by atoms with Gasteiger partial charge in [0.2, 0.25) is 0 Å². The second-order valence-corrected chi connectivity index (χ2v) is 8.96. The zero-order valence-corrected chi connectivity index (χ0v) is 17.9. The molecule has 1 N–H and O–H groups in total. The molecule has 0 unspecified atom stereocenters. The summed E-state index contributed by atoms with van der Waals surface area (Å²) in [5, 5.41) is 6.39. The molecule has 0 spiro atoms. The Morgan fingerprint density at radius 3 is 2.79 bits per heavy atom. The van der Waals surface area contributed by atoms with Crippen LogP contribution in [-0.2, 0) is 11.3 Å². The van der Waals surface area contributed by atoms with E-state index in [9.17, 15) is 9.59 Å². The van der Waals surface area contributed by atoms with Crippen LogP contribution in [0.1, 0.15) is 4.88 Å². The molecule has 0 bridgehead atoms. The number of carbonyl (C=O) groups excluding carboxylic acids is 1. The van der Waals surface area contributed by atoms with Crippen molar-refractivity contribution in [1.82, 2.24) is 4.57 Å². The van der Waals surface area contributed by atoms with E-state index in [1.807, 2.05) is 22.9 Å². The number of methoxy groups -OCH3 is 2. The average Bonchev–Trinajstić information content (AvgIpc) is 3.46. The maximum absolute atomic E-state index is 13.2. The summed E-state index contributed by atoms with van der Waals surface area (Å²) in [7, 11) is 5.98.